The van der Waals surface area contributed by atoms with E-state index in [9.17, 15) is 4.79 Å². The van der Waals surface area contributed by atoms with Gasteiger partial charge in [0.25, 0.3) is 5.91 Å². The monoisotopic (exact) mass is 243 g/mol. The van der Waals surface area contributed by atoms with Gasteiger partial charge in [-0.2, -0.15) is 5.10 Å². The van der Waals surface area contributed by atoms with Gasteiger partial charge < -0.3 is 5.32 Å². The number of carbonyl (C=O) groups excluding carboxylic acids is 1. The summed E-state index contributed by atoms with van der Waals surface area (Å²) >= 11 is 5.67. The van der Waals surface area contributed by atoms with Crippen molar-refractivity contribution in [3.8, 4) is 0 Å². The number of alkyl halides is 1. The first-order chi connectivity index (χ1) is 7.60. The van der Waals surface area contributed by atoms with Gasteiger partial charge in [-0.05, 0) is 19.8 Å². The molecule has 0 aliphatic rings. The number of nitrogens with zero attached hydrogens (tertiary/aromatic N) is 2. The van der Waals surface area contributed by atoms with Gasteiger partial charge in [0.2, 0.25) is 0 Å². The molecular weight excluding hydrogens is 226 g/mol. The first kappa shape index (κ1) is 13.0. The molecular formula is C11H18ClN3O. The van der Waals surface area contributed by atoms with Crippen LogP contribution in [0.1, 0.15) is 35.8 Å². The van der Waals surface area contributed by atoms with Crippen molar-refractivity contribution in [3.63, 3.8) is 0 Å². The fraction of sp³-hybridized carbons (Fsp3) is 0.636. The van der Waals surface area contributed by atoms with Gasteiger partial charge >= 0.3 is 0 Å². The number of halogens is 1. The Bertz CT molecular complexity index is 362. The topological polar surface area (TPSA) is 46.9 Å². The third kappa shape index (κ3) is 2.98. The maximum absolute atomic E-state index is 11.9. The molecule has 1 heterocycles. The van der Waals surface area contributed by atoms with Gasteiger partial charge in [0.1, 0.15) is 0 Å². The van der Waals surface area contributed by atoms with Gasteiger partial charge in [-0.15, -0.1) is 11.6 Å². The lowest BCUT2D eigenvalue weighted by molar-refractivity contribution is 0.0934. The smallest absolute Gasteiger partial charge is 0.254 e. The summed E-state index contributed by atoms with van der Waals surface area (Å²) in [5, 5.41) is 7.01. The van der Waals surface area contributed by atoms with Gasteiger partial charge in [0, 0.05) is 24.7 Å². The highest BCUT2D eigenvalue weighted by molar-refractivity contribution is 6.17. The van der Waals surface area contributed by atoms with E-state index in [0.717, 1.165) is 18.5 Å². The van der Waals surface area contributed by atoms with E-state index in [1.165, 1.54) is 0 Å². The van der Waals surface area contributed by atoms with Crippen LogP contribution in [0.2, 0.25) is 0 Å². The van der Waals surface area contributed by atoms with Crippen LogP contribution in [0.4, 0.5) is 0 Å². The molecule has 0 aromatic carbocycles. The molecule has 1 rings (SSSR count). The van der Waals surface area contributed by atoms with E-state index in [0.29, 0.717) is 11.4 Å². The molecule has 1 amide bonds. The highest BCUT2D eigenvalue weighted by Gasteiger charge is 2.15. The zero-order valence-corrected chi connectivity index (χ0v) is 10.7. The number of aromatic nitrogens is 2. The van der Waals surface area contributed by atoms with Gasteiger partial charge in [-0.1, -0.05) is 6.92 Å². The molecule has 0 aliphatic heterocycles. The fourth-order valence-corrected chi connectivity index (χ4v) is 1.76. The summed E-state index contributed by atoms with van der Waals surface area (Å²) in [6.07, 6.45) is 3.28. The number of rotatable bonds is 5. The third-order valence-electron chi connectivity index (χ3n) is 2.77. The van der Waals surface area contributed by atoms with Gasteiger partial charge in [-0.3, -0.25) is 9.48 Å². The molecule has 1 atom stereocenters. The summed E-state index contributed by atoms with van der Waals surface area (Å²) in [6, 6.07) is 0.143. The molecule has 0 fully saturated rings. The molecule has 5 heteroatoms. The van der Waals surface area contributed by atoms with Crippen LogP contribution in [0, 0.1) is 6.92 Å². The lowest BCUT2D eigenvalue weighted by atomic mass is 10.1. The molecule has 1 unspecified atom stereocenters. The van der Waals surface area contributed by atoms with Crippen molar-refractivity contribution < 1.29 is 4.79 Å². The molecule has 1 aromatic rings. The Balaban J connectivity index is 2.68. The van der Waals surface area contributed by atoms with Gasteiger partial charge in [-0.25, -0.2) is 0 Å². The van der Waals surface area contributed by atoms with Gasteiger partial charge in [0.15, 0.2) is 0 Å². The quantitative estimate of drug-likeness (QED) is 0.803. The minimum absolute atomic E-state index is 0.0671. The Morgan fingerprint density at radius 3 is 2.81 bits per heavy atom. The van der Waals surface area contributed by atoms with Crippen molar-refractivity contribution in [2.24, 2.45) is 7.05 Å². The van der Waals surface area contributed by atoms with E-state index in [4.69, 9.17) is 11.6 Å². The Morgan fingerprint density at radius 2 is 2.38 bits per heavy atom. The van der Waals surface area contributed by atoms with Crippen LogP contribution >= 0.6 is 11.6 Å². The van der Waals surface area contributed by atoms with Crippen LogP contribution in [0.3, 0.4) is 0 Å². The second-order valence-electron chi connectivity index (χ2n) is 3.82. The Hall–Kier alpha value is -1.03. The minimum Gasteiger partial charge on any atom is -0.349 e. The minimum atomic E-state index is -0.0671. The molecule has 90 valence electrons. The number of hydrogen-bond acceptors (Lipinski definition) is 2. The summed E-state index contributed by atoms with van der Waals surface area (Å²) in [7, 11) is 1.82. The second-order valence-corrected chi connectivity index (χ2v) is 4.20. The largest absolute Gasteiger partial charge is 0.349 e. The third-order valence-corrected chi connectivity index (χ3v) is 2.98. The van der Waals surface area contributed by atoms with Crippen LogP contribution in [0.25, 0.3) is 0 Å². The number of aryl methyl sites for hydroxylation is 1. The normalized spacial score (nSPS) is 12.5. The van der Waals surface area contributed by atoms with E-state index in [2.05, 4.69) is 10.4 Å². The van der Waals surface area contributed by atoms with Crippen molar-refractivity contribution in [1.82, 2.24) is 15.1 Å². The first-order valence-corrected chi connectivity index (χ1v) is 5.99. The standard InChI is InChI=1S/C11H18ClN3O/c1-4-9(5-6-12)14-11(16)10-7-13-15(3)8(10)2/h7,9H,4-6H2,1-3H3,(H,14,16). The molecule has 4 nitrogen and oxygen atoms in total. The molecule has 0 saturated carbocycles. The molecule has 0 bridgehead atoms. The zero-order chi connectivity index (χ0) is 12.1. The second kappa shape index (κ2) is 5.89. The van der Waals surface area contributed by atoms with Crippen LogP contribution in [-0.4, -0.2) is 27.6 Å². The van der Waals surface area contributed by atoms with Crippen LogP contribution in [-0.2, 0) is 7.05 Å². The van der Waals surface area contributed by atoms with E-state index in [-0.39, 0.29) is 11.9 Å². The van der Waals surface area contributed by atoms with Crippen LogP contribution in [0.15, 0.2) is 6.20 Å². The number of nitrogens with one attached hydrogen (secondary N) is 1. The van der Waals surface area contributed by atoms with Crippen molar-refractivity contribution in [1.29, 1.82) is 0 Å². The van der Waals surface area contributed by atoms with Crippen molar-refractivity contribution in [3.05, 3.63) is 17.5 Å². The molecule has 1 N–H and O–H groups in total. The van der Waals surface area contributed by atoms with E-state index in [1.807, 2.05) is 20.9 Å². The van der Waals surface area contributed by atoms with Crippen molar-refractivity contribution >= 4 is 17.5 Å². The molecule has 0 saturated heterocycles. The average Bonchev–Trinajstić information content (AvgIpc) is 2.59. The van der Waals surface area contributed by atoms with E-state index >= 15 is 0 Å². The van der Waals surface area contributed by atoms with E-state index in [1.54, 1.807) is 10.9 Å². The molecule has 16 heavy (non-hydrogen) atoms. The summed E-state index contributed by atoms with van der Waals surface area (Å²) in [6.45, 7) is 3.91. The summed E-state index contributed by atoms with van der Waals surface area (Å²) in [4.78, 5) is 11.9. The Morgan fingerprint density at radius 1 is 1.69 bits per heavy atom. The lowest BCUT2D eigenvalue weighted by Crippen LogP contribution is -2.34. The predicted octanol–water partition coefficient (Wildman–Crippen LogP) is 1.87. The average molecular weight is 244 g/mol. The highest BCUT2D eigenvalue weighted by Crippen LogP contribution is 2.07. The molecule has 0 radical (unpaired) electrons. The number of carbonyl (C=O) groups is 1. The zero-order valence-electron chi connectivity index (χ0n) is 9.96. The Labute approximate surface area is 101 Å². The summed E-state index contributed by atoms with van der Waals surface area (Å²) in [5.74, 6) is 0.493. The molecule has 1 aromatic heterocycles. The van der Waals surface area contributed by atoms with Gasteiger partial charge in [0.05, 0.1) is 11.8 Å². The van der Waals surface area contributed by atoms with Crippen LogP contribution in [0.5, 0.6) is 0 Å². The predicted molar refractivity (Wildman–Crippen MR) is 64.8 cm³/mol. The van der Waals surface area contributed by atoms with Crippen LogP contribution < -0.4 is 5.32 Å². The highest BCUT2D eigenvalue weighted by atomic mass is 35.5. The van der Waals surface area contributed by atoms with E-state index < -0.39 is 0 Å². The number of amides is 1. The maximum Gasteiger partial charge on any atom is 0.254 e. The summed E-state index contributed by atoms with van der Waals surface area (Å²) < 4.78 is 1.69. The molecule has 0 spiro atoms. The Kier molecular flexibility index (Phi) is 4.80. The first-order valence-electron chi connectivity index (χ1n) is 5.45. The SMILES string of the molecule is CCC(CCCl)NC(=O)c1cnn(C)c1C. The fourth-order valence-electron chi connectivity index (χ4n) is 1.49. The lowest BCUT2D eigenvalue weighted by Gasteiger charge is -2.15. The van der Waals surface area contributed by atoms with Crippen molar-refractivity contribution in [2.75, 3.05) is 5.88 Å². The number of hydrogen-bond donors (Lipinski definition) is 1. The maximum atomic E-state index is 11.9. The molecule has 0 aliphatic carbocycles. The van der Waals surface area contributed by atoms with Crippen molar-refractivity contribution in [2.45, 2.75) is 32.7 Å². The summed E-state index contributed by atoms with van der Waals surface area (Å²) in [5.41, 5.74) is 1.51.